The molecule has 0 unspecified atom stereocenters. The maximum Gasteiger partial charge on any atom is 0.321 e. The predicted molar refractivity (Wildman–Crippen MR) is 88.2 cm³/mol. The maximum atomic E-state index is 12.2. The summed E-state index contributed by atoms with van der Waals surface area (Å²) in [6, 6.07) is -1.04. The van der Waals surface area contributed by atoms with E-state index in [-0.39, 0.29) is 11.7 Å². The number of urea groups is 1. The third-order valence-corrected chi connectivity index (χ3v) is 4.61. The van der Waals surface area contributed by atoms with E-state index in [1.807, 2.05) is 25.7 Å². The third kappa shape index (κ3) is 7.76. The van der Waals surface area contributed by atoms with Gasteiger partial charge in [-0.15, -0.1) is 0 Å². The second-order valence-electron chi connectivity index (χ2n) is 7.20. The van der Waals surface area contributed by atoms with Crippen molar-refractivity contribution < 1.29 is 18.0 Å². The van der Waals surface area contributed by atoms with E-state index < -0.39 is 33.5 Å². The molecule has 0 spiro atoms. The van der Waals surface area contributed by atoms with Crippen molar-refractivity contribution in [2.24, 2.45) is 11.1 Å². The second-order valence-corrected chi connectivity index (χ2v) is 8.86. The highest BCUT2D eigenvalue weighted by atomic mass is 32.2. The Labute approximate surface area is 138 Å². The minimum atomic E-state index is -3.52. The lowest BCUT2D eigenvalue weighted by molar-refractivity contribution is -0.125. The molecule has 0 saturated carbocycles. The summed E-state index contributed by atoms with van der Waals surface area (Å²) in [5.41, 5.74) is -0.431. The molecule has 0 aromatic carbocycles. The number of nitrogens with one attached hydrogen (secondary N) is 2. The number of piperidine rings is 1. The summed E-state index contributed by atoms with van der Waals surface area (Å²) in [5, 5.41) is 10.1. The normalized spacial score (nSPS) is 21.5. The smallest absolute Gasteiger partial charge is 0.321 e. The topological polar surface area (TPSA) is 122 Å². The summed E-state index contributed by atoms with van der Waals surface area (Å²) in [6.45, 7) is 8.34. The molecule has 1 aliphatic rings. The van der Waals surface area contributed by atoms with Crippen LogP contribution in [0.3, 0.4) is 0 Å². The first-order chi connectivity index (χ1) is 10.4. The van der Waals surface area contributed by atoms with Crippen LogP contribution in [0.15, 0.2) is 0 Å². The Morgan fingerprint density at radius 3 is 2.48 bits per heavy atom. The minimum absolute atomic E-state index is 0.0810. The van der Waals surface area contributed by atoms with Gasteiger partial charge in [-0.05, 0) is 53.0 Å². The van der Waals surface area contributed by atoms with Crippen LogP contribution >= 0.6 is 0 Å². The van der Waals surface area contributed by atoms with Crippen LogP contribution in [0.1, 0.15) is 40.5 Å². The molecule has 134 valence electrons. The van der Waals surface area contributed by atoms with Gasteiger partial charge in [0.1, 0.15) is 0 Å². The number of primary sulfonamides is 1. The van der Waals surface area contributed by atoms with Crippen LogP contribution in [0.5, 0.6) is 0 Å². The fraction of sp³-hybridized carbons (Fsp3) is 0.857. The molecule has 1 heterocycles. The molecule has 4 N–H and O–H groups in total. The molecule has 1 fully saturated rings. The minimum Gasteiger partial charge on any atom is -0.333 e. The lowest BCUT2D eigenvalue weighted by Crippen LogP contribution is -2.54. The standard InChI is InChI=1S/C14H28N4O4S/c1-10(12(19)16-13(20)17-14(2,3)4)18-7-5-6-11(8-18)9-23(15,21)22/h10-11H,5-9H2,1-4H3,(H2,15,21,22)(H2,16,17,19,20)/t10-,11+/m1/s1. The van der Waals surface area contributed by atoms with E-state index in [4.69, 9.17) is 5.14 Å². The number of imide groups is 1. The first kappa shape index (κ1) is 19.9. The van der Waals surface area contributed by atoms with Crippen molar-refractivity contribution in [1.82, 2.24) is 15.5 Å². The van der Waals surface area contributed by atoms with E-state index in [0.717, 1.165) is 12.8 Å². The zero-order valence-electron chi connectivity index (χ0n) is 14.3. The maximum absolute atomic E-state index is 12.2. The zero-order chi connectivity index (χ0) is 17.8. The number of sulfonamides is 1. The molecule has 9 heteroatoms. The van der Waals surface area contributed by atoms with Gasteiger partial charge < -0.3 is 5.32 Å². The van der Waals surface area contributed by atoms with Gasteiger partial charge in [-0.2, -0.15) is 0 Å². The van der Waals surface area contributed by atoms with Crippen LogP contribution in [0.2, 0.25) is 0 Å². The van der Waals surface area contributed by atoms with E-state index in [2.05, 4.69) is 10.6 Å². The van der Waals surface area contributed by atoms with E-state index >= 15 is 0 Å². The Kier molecular flexibility index (Phi) is 6.55. The summed E-state index contributed by atoms with van der Waals surface area (Å²) in [7, 11) is -3.52. The first-order valence-corrected chi connectivity index (χ1v) is 9.46. The van der Waals surface area contributed by atoms with Gasteiger partial charge in [-0.1, -0.05) is 0 Å². The molecule has 1 rings (SSSR count). The Morgan fingerprint density at radius 2 is 1.96 bits per heavy atom. The monoisotopic (exact) mass is 348 g/mol. The molecule has 0 radical (unpaired) electrons. The van der Waals surface area contributed by atoms with Gasteiger partial charge in [0.25, 0.3) is 0 Å². The van der Waals surface area contributed by atoms with Crippen LogP contribution in [0.4, 0.5) is 4.79 Å². The molecular formula is C14H28N4O4S. The van der Waals surface area contributed by atoms with Crippen molar-refractivity contribution in [3.8, 4) is 0 Å². The first-order valence-electron chi connectivity index (χ1n) is 7.75. The molecule has 1 aliphatic heterocycles. The fourth-order valence-electron chi connectivity index (χ4n) is 2.67. The highest BCUT2D eigenvalue weighted by molar-refractivity contribution is 7.89. The molecule has 8 nitrogen and oxygen atoms in total. The largest absolute Gasteiger partial charge is 0.333 e. The van der Waals surface area contributed by atoms with Crippen LogP contribution < -0.4 is 15.8 Å². The van der Waals surface area contributed by atoms with Crippen molar-refractivity contribution in [1.29, 1.82) is 0 Å². The summed E-state index contributed by atoms with van der Waals surface area (Å²) in [5.74, 6) is -0.567. The second kappa shape index (κ2) is 7.59. The lowest BCUT2D eigenvalue weighted by atomic mass is 9.98. The summed E-state index contributed by atoms with van der Waals surface area (Å²) < 4.78 is 22.4. The molecule has 1 saturated heterocycles. The van der Waals surface area contributed by atoms with Gasteiger partial charge in [-0.3, -0.25) is 15.0 Å². The van der Waals surface area contributed by atoms with Crippen molar-refractivity contribution in [2.75, 3.05) is 18.8 Å². The molecule has 0 aliphatic carbocycles. The molecule has 0 bridgehead atoms. The Balaban J connectivity index is 2.57. The number of rotatable bonds is 4. The van der Waals surface area contributed by atoms with Gasteiger partial charge in [0.2, 0.25) is 15.9 Å². The number of carbonyl (C=O) groups is 2. The molecule has 2 atom stereocenters. The molecule has 0 aromatic heterocycles. The van der Waals surface area contributed by atoms with Crippen molar-refractivity contribution in [3.05, 3.63) is 0 Å². The van der Waals surface area contributed by atoms with Gasteiger partial charge >= 0.3 is 6.03 Å². The number of likely N-dealkylation sites (tertiary alicyclic amines) is 1. The predicted octanol–water partition coefficient (Wildman–Crippen LogP) is -0.000300. The number of hydrogen-bond acceptors (Lipinski definition) is 5. The lowest BCUT2D eigenvalue weighted by Gasteiger charge is -2.35. The summed E-state index contributed by atoms with van der Waals surface area (Å²) in [4.78, 5) is 25.8. The highest BCUT2D eigenvalue weighted by Gasteiger charge is 2.30. The SMILES string of the molecule is C[C@H](C(=O)NC(=O)NC(C)(C)C)N1CCC[C@H](CS(N)(=O)=O)C1. The molecule has 3 amide bonds. The van der Waals surface area contributed by atoms with E-state index in [0.29, 0.717) is 13.1 Å². The van der Waals surface area contributed by atoms with Gasteiger partial charge in [0, 0.05) is 12.1 Å². The average molecular weight is 348 g/mol. The third-order valence-electron chi connectivity index (χ3n) is 3.67. The van der Waals surface area contributed by atoms with Gasteiger partial charge in [-0.25, -0.2) is 18.4 Å². The Bertz CT molecular complexity index is 541. The number of nitrogens with zero attached hydrogens (tertiary/aromatic N) is 1. The Morgan fingerprint density at radius 1 is 1.35 bits per heavy atom. The number of carbonyl (C=O) groups excluding carboxylic acids is 2. The number of amides is 3. The highest BCUT2D eigenvalue weighted by Crippen LogP contribution is 2.19. The van der Waals surface area contributed by atoms with Crippen LogP contribution in [0, 0.1) is 5.92 Å². The zero-order valence-corrected chi connectivity index (χ0v) is 15.1. The fourth-order valence-corrected chi connectivity index (χ4v) is 3.60. The van der Waals surface area contributed by atoms with E-state index in [1.165, 1.54) is 0 Å². The van der Waals surface area contributed by atoms with E-state index in [1.54, 1.807) is 6.92 Å². The van der Waals surface area contributed by atoms with Gasteiger partial charge in [0.15, 0.2) is 0 Å². The summed E-state index contributed by atoms with van der Waals surface area (Å²) >= 11 is 0. The van der Waals surface area contributed by atoms with Crippen LogP contribution in [-0.4, -0.2) is 55.7 Å². The van der Waals surface area contributed by atoms with Crippen LogP contribution in [0.25, 0.3) is 0 Å². The van der Waals surface area contributed by atoms with Crippen LogP contribution in [-0.2, 0) is 14.8 Å². The molecule has 23 heavy (non-hydrogen) atoms. The molecule has 0 aromatic rings. The van der Waals surface area contributed by atoms with E-state index in [9.17, 15) is 18.0 Å². The quantitative estimate of drug-likeness (QED) is 0.660. The summed E-state index contributed by atoms with van der Waals surface area (Å²) in [6.07, 6.45) is 1.57. The van der Waals surface area contributed by atoms with Crippen molar-refractivity contribution in [2.45, 2.75) is 52.1 Å². The number of nitrogens with two attached hydrogens (primary N) is 1. The Hall–Kier alpha value is -1.19. The van der Waals surface area contributed by atoms with Crippen molar-refractivity contribution in [3.63, 3.8) is 0 Å². The van der Waals surface area contributed by atoms with Crippen molar-refractivity contribution >= 4 is 22.0 Å². The average Bonchev–Trinajstić information content (AvgIpc) is 2.33. The number of hydrogen-bond donors (Lipinski definition) is 3. The van der Waals surface area contributed by atoms with Gasteiger partial charge in [0.05, 0.1) is 11.8 Å². The molecular weight excluding hydrogens is 320 g/mol.